The van der Waals surface area contributed by atoms with E-state index in [0.717, 1.165) is 5.56 Å². The minimum absolute atomic E-state index is 0.327. The van der Waals surface area contributed by atoms with E-state index in [1.54, 1.807) is 6.07 Å². The molecule has 0 saturated carbocycles. The monoisotopic (exact) mass is 210 g/mol. The molecule has 1 aliphatic rings. The smallest absolute Gasteiger partial charge is 0.306 e. The van der Waals surface area contributed by atoms with Crippen molar-refractivity contribution in [2.45, 2.75) is 12.8 Å². The topological polar surface area (TPSA) is 46.5 Å². The third kappa shape index (κ3) is 2.09. The fourth-order valence-corrected chi connectivity index (χ4v) is 1.72. The Hall–Kier alpha value is -1.58. The molecule has 0 amide bonds. The molecule has 2 rings (SSSR count). The zero-order valence-electron chi connectivity index (χ0n) is 8.07. The number of hydrogen-bond acceptors (Lipinski definition) is 2. The Morgan fingerprint density at radius 2 is 2.33 bits per heavy atom. The normalized spacial score (nSPS) is 19.9. The van der Waals surface area contributed by atoms with Gasteiger partial charge in [-0.3, -0.25) is 4.79 Å². The molecule has 3 nitrogen and oxygen atoms in total. The molecule has 0 aromatic heterocycles. The van der Waals surface area contributed by atoms with E-state index < -0.39 is 11.9 Å². The van der Waals surface area contributed by atoms with Crippen LogP contribution in [0.15, 0.2) is 18.2 Å². The predicted molar refractivity (Wildman–Crippen MR) is 51.3 cm³/mol. The van der Waals surface area contributed by atoms with Crippen LogP contribution in [-0.2, 0) is 11.2 Å². The van der Waals surface area contributed by atoms with Gasteiger partial charge in [-0.2, -0.15) is 0 Å². The number of aliphatic carboxylic acids is 1. The lowest BCUT2D eigenvalue weighted by Crippen LogP contribution is -2.16. The summed E-state index contributed by atoms with van der Waals surface area (Å²) in [6.07, 6.45) is 0.872. The van der Waals surface area contributed by atoms with Gasteiger partial charge in [-0.15, -0.1) is 0 Å². The van der Waals surface area contributed by atoms with Gasteiger partial charge in [0.2, 0.25) is 0 Å². The number of rotatable bonds is 1. The first kappa shape index (κ1) is 9.96. The van der Waals surface area contributed by atoms with Gasteiger partial charge >= 0.3 is 5.97 Å². The Bertz CT molecular complexity index is 389. The Morgan fingerprint density at radius 1 is 1.53 bits per heavy atom. The van der Waals surface area contributed by atoms with Crippen molar-refractivity contribution in [3.8, 4) is 5.75 Å². The summed E-state index contributed by atoms with van der Waals surface area (Å²) in [5.41, 5.74) is 0.765. The second-order valence-corrected chi connectivity index (χ2v) is 3.63. The van der Waals surface area contributed by atoms with Crippen LogP contribution in [0.1, 0.15) is 12.0 Å². The van der Waals surface area contributed by atoms with Crippen LogP contribution in [-0.4, -0.2) is 17.7 Å². The van der Waals surface area contributed by atoms with Gasteiger partial charge in [0.15, 0.2) is 0 Å². The van der Waals surface area contributed by atoms with Crippen molar-refractivity contribution in [2.75, 3.05) is 6.61 Å². The van der Waals surface area contributed by atoms with Crippen LogP contribution in [0.3, 0.4) is 0 Å². The van der Waals surface area contributed by atoms with E-state index >= 15 is 0 Å². The molecule has 1 atom stereocenters. The zero-order chi connectivity index (χ0) is 10.8. The number of carboxylic acid groups (broad SMARTS) is 1. The van der Waals surface area contributed by atoms with Gasteiger partial charge in [0.25, 0.3) is 0 Å². The molecule has 1 aromatic rings. The van der Waals surface area contributed by atoms with E-state index in [4.69, 9.17) is 9.84 Å². The maximum atomic E-state index is 12.9. The molecule has 4 heteroatoms. The predicted octanol–water partition coefficient (Wildman–Crippen LogP) is 1.85. The molecule has 0 bridgehead atoms. The number of carboxylic acids is 1. The Morgan fingerprint density at radius 3 is 3.07 bits per heavy atom. The first-order valence-electron chi connectivity index (χ1n) is 4.81. The molecule has 0 fully saturated rings. The third-order valence-corrected chi connectivity index (χ3v) is 2.57. The molecule has 1 heterocycles. The number of carbonyl (C=O) groups is 1. The molecule has 0 saturated heterocycles. The Kier molecular flexibility index (Phi) is 2.58. The average molecular weight is 210 g/mol. The molecule has 0 aliphatic carbocycles. The average Bonchev–Trinajstić information content (AvgIpc) is 2.39. The van der Waals surface area contributed by atoms with Gasteiger partial charge in [0.1, 0.15) is 11.6 Å². The quantitative estimate of drug-likeness (QED) is 0.769. The Labute approximate surface area is 86.5 Å². The van der Waals surface area contributed by atoms with E-state index in [-0.39, 0.29) is 5.82 Å². The van der Waals surface area contributed by atoms with Crippen molar-refractivity contribution in [1.29, 1.82) is 0 Å². The molecule has 1 N–H and O–H groups in total. The zero-order valence-corrected chi connectivity index (χ0v) is 8.07. The number of fused-ring (bicyclic) bond motifs is 1. The van der Waals surface area contributed by atoms with Crippen LogP contribution in [0.25, 0.3) is 0 Å². The van der Waals surface area contributed by atoms with Crippen molar-refractivity contribution in [3.63, 3.8) is 0 Å². The van der Waals surface area contributed by atoms with E-state index in [1.165, 1.54) is 12.1 Å². The minimum atomic E-state index is -0.823. The molecule has 0 radical (unpaired) electrons. The van der Waals surface area contributed by atoms with E-state index in [1.807, 2.05) is 0 Å². The number of halogens is 1. The highest BCUT2D eigenvalue weighted by atomic mass is 19.1. The molecular weight excluding hydrogens is 199 g/mol. The SMILES string of the molecule is O=C(O)C1CCOc2cc(F)ccc2C1. The lowest BCUT2D eigenvalue weighted by molar-refractivity contribution is -0.142. The van der Waals surface area contributed by atoms with E-state index in [9.17, 15) is 9.18 Å². The summed E-state index contributed by atoms with van der Waals surface area (Å²) in [6.45, 7) is 0.327. The van der Waals surface area contributed by atoms with Crippen molar-refractivity contribution >= 4 is 5.97 Å². The van der Waals surface area contributed by atoms with Gasteiger partial charge in [-0.25, -0.2) is 4.39 Å². The lowest BCUT2D eigenvalue weighted by Gasteiger charge is -2.07. The largest absolute Gasteiger partial charge is 0.493 e. The summed E-state index contributed by atoms with van der Waals surface area (Å²) in [4.78, 5) is 10.9. The second kappa shape index (κ2) is 3.88. The summed E-state index contributed by atoms with van der Waals surface area (Å²) in [6, 6.07) is 4.22. The van der Waals surface area contributed by atoms with Crippen LogP contribution in [0.5, 0.6) is 5.75 Å². The van der Waals surface area contributed by atoms with Gasteiger partial charge in [-0.05, 0) is 24.5 Å². The lowest BCUT2D eigenvalue weighted by atomic mass is 9.97. The van der Waals surface area contributed by atoms with Crippen LogP contribution in [0.2, 0.25) is 0 Å². The van der Waals surface area contributed by atoms with Gasteiger partial charge in [0, 0.05) is 6.07 Å². The summed E-state index contributed by atoms with van der Waals surface area (Å²) >= 11 is 0. The van der Waals surface area contributed by atoms with Gasteiger partial charge in [0.05, 0.1) is 12.5 Å². The highest BCUT2D eigenvalue weighted by molar-refractivity contribution is 5.70. The molecule has 80 valence electrons. The van der Waals surface area contributed by atoms with Crippen LogP contribution in [0.4, 0.5) is 4.39 Å². The maximum Gasteiger partial charge on any atom is 0.306 e. The number of hydrogen-bond donors (Lipinski definition) is 1. The fourth-order valence-electron chi connectivity index (χ4n) is 1.72. The molecule has 0 spiro atoms. The number of benzene rings is 1. The molecular formula is C11H11FO3. The summed E-state index contributed by atoms with van der Waals surface area (Å²) in [7, 11) is 0. The highest BCUT2D eigenvalue weighted by Gasteiger charge is 2.23. The minimum Gasteiger partial charge on any atom is -0.493 e. The molecule has 1 unspecified atom stereocenters. The van der Waals surface area contributed by atoms with Gasteiger partial charge in [-0.1, -0.05) is 6.07 Å². The Balaban J connectivity index is 2.29. The van der Waals surface area contributed by atoms with Crippen molar-refractivity contribution in [3.05, 3.63) is 29.6 Å². The molecule has 1 aliphatic heterocycles. The van der Waals surface area contributed by atoms with Crippen LogP contribution in [0, 0.1) is 11.7 Å². The van der Waals surface area contributed by atoms with Crippen LogP contribution < -0.4 is 4.74 Å². The van der Waals surface area contributed by atoms with Crippen LogP contribution >= 0.6 is 0 Å². The molecule has 15 heavy (non-hydrogen) atoms. The van der Waals surface area contributed by atoms with E-state index in [0.29, 0.717) is 25.2 Å². The van der Waals surface area contributed by atoms with Crippen molar-refractivity contribution < 1.29 is 19.0 Å². The second-order valence-electron chi connectivity index (χ2n) is 3.63. The summed E-state index contributed by atoms with van der Waals surface area (Å²) < 4.78 is 18.2. The highest BCUT2D eigenvalue weighted by Crippen LogP contribution is 2.27. The van der Waals surface area contributed by atoms with Gasteiger partial charge < -0.3 is 9.84 Å². The first-order chi connectivity index (χ1) is 7.16. The number of ether oxygens (including phenoxy) is 1. The maximum absolute atomic E-state index is 12.9. The molecule has 1 aromatic carbocycles. The third-order valence-electron chi connectivity index (χ3n) is 2.57. The first-order valence-corrected chi connectivity index (χ1v) is 4.81. The standard InChI is InChI=1S/C11H11FO3/c12-9-2-1-7-5-8(11(13)14)3-4-15-10(7)6-9/h1-2,6,8H,3-5H2,(H,13,14). The fraction of sp³-hybridized carbons (Fsp3) is 0.364. The van der Waals surface area contributed by atoms with E-state index in [2.05, 4.69) is 0 Å². The summed E-state index contributed by atoms with van der Waals surface area (Å²) in [5.74, 6) is -1.14. The summed E-state index contributed by atoms with van der Waals surface area (Å²) in [5, 5.41) is 8.91. The van der Waals surface area contributed by atoms with Crippen molar-refractivity contribution in [2.24, 2.45) is 5.92 Å². The van der Waals surface area contributed by atoms with Crippen molar-refractivity contribution in [1.82, 2.24) is 0 Å².